The second kappa shape index (κ2) is 4.17. The van der Waals surface area contributed by atoms with Gasteiger partial charge in [-0.15, -0.1) is 0 Å². The Bertz CT molecular complexity index is 422. The summed E-state index contributed by atoms with van der Waals surface area (Å²) < 4.78 is 26.5. The number of carboxylic acid groups (broad SMARTS) is 1. The Hall–Kier alpha value is -1.49. The van der Waals surface area contributed by atoms with Crippen molar-refractivity contribution >= 4 is 5.97 Å². The molecule has 2 atom stereocenters. The van der Waals surface area contributed by atoms with E-state index in [0.29, 0.717) is 13.0 Å². The predicted octanol–water partition coefficient (Wildman–Crippen LogP) is 1.49. The van der Waals surface area contributed by atoms with E-state index in [9.17, 15) is 13.6 Å². The van der Waals surface area contributed by atoms with Crippen molar-refractivity contribution in [2.24, 2.45) is 0 Å². The van der Waals surface area contributed by atoms with Gasteiger partial charge in [0, 0.05) is 5.92 Å². The third-order valence-corrected chi connectivity index (χ3v) is 2.87. The molecule has 16 heavy (non-hydrogen) atoms. The number of halogens is 2. The van der Waals surface area contributed by atoms with Crippen LogP contribution >= 0.6 is 0 Å². The highest BCUT2D eigenvalue weighted by atomic mass is 19.2. The van der Waals surface area contributed by atoms with Gasteiger partial charge in [0.25, 0.3) is 0 Å². The summed E-state index contributed by atoms with van der Waals surface area (Å²) in [6.07, 6.45) is 0.497. The van der Waals surface area contributed by atoms with Gasteiger partial charge < -0.3 is 10.4 Å². The zero-order chi connectivity index (χ0) is 11.7. The molecule has 0 saturated carbocycles. The lowest BCUT2D eigenvalue weighted by atomic mass is 9.91. The molecule has 1 aromatic carbocycles. The van der Waals surface area contributed by atoms with Crippen LogP contribution < -0.4 is 5.32 Å². The Kier molecular flexibility index (Phi) is 2.87. The van der Waals surface area contributed by atoms with Gasteiger partial charge >= 0.3 is 5.97 Å². The van der Waals surface area contributed by atoms with Crippen molar-refractivity contribution in [3.8, 4) is 0 Å². The highest BCUT2D eigenvalue weighted by Gasteiger charge is 2.35. The van der Waals surface area contributed by atoms with Crippen LogP contribution in [-0.4, -0.2) is 23.7 Å². The van der Waals surface area contributed by atoms with Crippen molar-refractivity contribution in [2.75, 3.05) is 6.54 Å². The van der Waals surface area contributed by atoms with Crippen molar-refractivity contribution in [2.45, 2.75) is 18.4 Å². The molecule has 0 amide bonds. The third kappa shape index (κ3) is 1.78. The van der Waals surface area contributed by atoms with Crippen molar-refractivity contribution in [1.29, 1.82) is 0 Å². The maximum atomic E-state index is 13.5. The van der Waals surface area contributed by atoms with Crippen molar-refractivity contribution < 1.29 is 18.7 Å². The zero-order valence-corrected chi connectivity index (χ0v) is 8.41. The Morgan fingerprint density at radius 1 is 1.44 bits per heavy atom. The number of hydrogen-bond donors (Lipinski definition) is 2. The minimum absolute atomic E-state index is 0.136. The average Bonchev–Trinajstić information content (AvgIpc) is 2.70. The van der Waals surface area contributed by atoms with Gasteiger partial charge in [-0.05, 0) is 24.6 Å². The SMILES string of the molecule is O=C(O)C1NCCC1c1cccc(F)c1F. The monoisotopic (exact) mass is 227 g/mol. The molecule has 1 aliphatic heterocycles. The van der Waals surface area contributed by atoms with Crippen LogP contribution in [0.4, 0.5) is 8.78 Å². The molecule has 0 radical (unpaired) electrons. The summed E-state index contributed by atoms with van der Waals surface area (Å²) in [6.45, 7) is 0.498. The summed E-state index contributed by atoms with van der Waals surface area (Å²) in [4.78, 5) is 10.9. The molecular formula is C11H11F2NO2. The van der Waals surface area contributed by atoms with Crippen LogP contribution in [0, 0.1) is 11.6 Å². The lowest BCUT2D eigenvalue weighted by molar-refractivity contribution is -0.139. The van der Waals surface area contributed by atoms with Gasteiger partial charge in [-0.1, -0.05) is 12.1 Å². The number of rotatable bonds is 2. The zero-order valence-electron chi connectivity index (χ0n) is 8.41. The van der Waals surface area contributed by atoms with Crippen LogP contribution in [0.1, 0.15) is 17.9 Å². The molecule has 2 rings (SSSR count). The first kappa shape index (κ1) is 11.0. The number of nitrogens with one attached hydrogen (secondary N) is 1. The van der Waals surface area contributed by atoms with Gasteiger partial charge in [-0.25, -0.2) is 8.78 Å². The molecule has 5 heteroatoms. The Morgan fingerprint density at radius 3 is 2.88 bits per heavy atom. The molecule has 0 bridgehead atoms. The molecule has 1 fully saturated rings. The smallest absolute Gasteiger partial charge is 0.321 e. The van der Waals surface area contributed by atoms with Crippen LogP contribution in [0.15, 0.2) is 18.2 Å². The average molecular weight is 227 g/mol. The fraction of sp³-hybridized carbons (Fsp3) is 0.364. The fourth-order valence-corrected chi connectivity index (χ4v) is 2.10. The van der Waals surface area contributed by atoms with E-state index < -0.39 is 29.6 Å². The van der Waals surface area contributed by atoms with E-state index in [1.807, 2.05) is 0 Å². The molecule has 1 saturated heterocycles. The van der Waals surface area contributed by atoms with Crippen molar-refractivity contribution in [3.05, 3.63) is 35.4 Å². The fourth-order valence-electron chi connectivity index (χ4n) is 2.10. The van der Waals surface area contributed by atoms with Gasteiger partial charge in [0.05, 0.1) is 0 Å². The van der Waals surface area contributed by atoms with Crippen LogP contribution in [0.2, 0.25) is 0 Å². The normalized spacial score (nSPS) is 24.6. The maximum Gasteiger partial charge on any atom is 0.321 e. The molecule has 2 unspecified atom stereocenters. The van der Waals surface area contributed by atoms with Crippen LogP contribution in [0.5, 0.6) is 0 Å². The lowest BCUT2D eigenvalue weighted by Gasteiger charge is -2.16. The molecule has 1 heterocycles. The predicted molar refractivity (Wildman–Crippen MR) is 53.1 cm³/mol. The number of aliphatic carboxylic acids is 1. The molecule has 3 nitrogen and oxygen atoms in total. The summed E-state index contributed by atoms with van der Waals surface area (Å²) in [5.74, 6) is -3.42. The first-order chi connectivity index (χ1) is 7.61. The van der Waals surface area contributed by atoms with Crippen LogP contribution in [0.25, 0.3) is 0 Å². The highest BCUT2D eigenvalue weighted by Crippen LogP contribution is 2.30. The van der Waals surface area contributed by atoms with Gasteiger partial charge in [-0.3, -0.25) is 4.79 Å². The largest absolute Gasteiger partial charge is 0.480 e. The Balaban J connectivity index is 2.36. The van der Waals surface area contributed by atoms with Crippen molar-refractivity contribution in [3.63, 3.8) is 0 Å². The minimum atomic E-state index is -1.04. The molecule has 0 spiro atoms. The highest BCUT2D eigenvalue weighted by molar-refractivity contribution is 5.75. The maximum absolute atomic E-state index is 13.5. The molecular weight excluding hydrogens is 216 g/mol. The molecule has 0 aromatic heterocycles. The topological polar surface area (TPSA) is 49.3 Å². The molecule has 0 aliphatic carbocycles. The molecule has 86 valence electrons. The minimum Gasteiger partial charge on any atom is -0.480 e. The third-order valence-electron chi connectivity index (χ3n) is 2.87. The summed E-state index contributed by atoms with van der Waals surface area (Å²) >= 11 is 0. The quantitative estimate of drug-likeness (QED) is 0.804. The number of carboxylic acids is 1. The van der Waals surface area contributed by atoms with E-state index >= 15 is 0 Å². The first-order valence-corrected chi connectivity index (χ1v) is 5.01. The van der Waals surface area contributed by atoms with E-state index in [2.05, 4.69) is 5.32 Å². The Labute approximate surface area is 91.1 Å². The van der Waals surface area contributed by atoms with E-state index in [1.165, 1.54) is 12.1 Å². The van der Waals surface area contributed by atoms with Gasteiger partial charge in [0.1, 0.15) is 6.04 Å². The van der Waals surface area contributed by atoms with E-state index in [1.54, 1.807) is 0 Å². The number of benzene rings is 1. The van der Waals surface area contributed by atoms with Gasteiger partial charge in [0.2, 0.25) is 0 Å². The summed E-state index contributed by atoms with van der Waals surface area (Å²) in [5, 5.41) is 11.7. The molecule has 1 aromatic rings. The second-order valence-corrected chi connectivity index (χ2v) is 3.81. The van der Waals surface area contributed by atoms with Gasteiger partial charge in [0.15, 0.2) is 11.6 Å². The summed E-state index contributed by atoms with van der Waals surface area (Å²) in [6, 6.07) is 3.02. The number of hydrogen-bond acceptors (Lipinski definition) is 2. The molecule has 1 aliphatic rings. The molecule has 2 N–H and O–H groups in total. The standard InChI is InChI=1S/C11H11F2NO2/c12-8-3-1-2-6(9(8)13)7-4-5-14-10(7)11(15)16/h1-3,7,10,14H,4-5H2,(H,15,16). The van der Waals surface area contributed by atoms with Gasteiger partial charge in [-0.2, -0.15) is 0 Å². The lowest BCUT2D eigenvalue weighted by Crippen LogP contribution is -2.34. The van der Waals surface area contributed by atoms with Crippen LogP contribution in [-0.2, 0) is 4.79 Å². The van der Waals surface area contributed by atoms with E-state index in [4.69, 9.17) is 5.11 Å². The van der Waals surface area contributed by atoms with E-state index in [0.717, 1.165) is 6.07 Å². The number of carbonyl (C=O) groups is 1. The second-order valence-electron chi connectivity index (χ2n) is 3.81. The Morgan fingerprint density at radius 2 is 2.19 bits per heavy atom. The summed E-state index contributed by atoms with van der Waals surface area (Å²) in [7, 11) is 0. The summed E-state index contributed by atoms with van der Waals surface area (Å²) in [5.41, 5.74) is 0.136. The first-order valence-electron chi connectivity index (χ1n) is 5.01. The van der Waals surface area contributed by atoms with Crippen LogP contribution in [0.3, 0.4) is 0 Å². The van der Waals surface area contributed by atoms with E-state index in [-0.39, 0.29) is 5.56 Å². The van der Waals surface area contributed by atoms with Crippen molar-refractivity contribution in [1.82, 2.24) is 5.32 Å².